The van der Waals surface area contributed by atoms with Crippen molar-refractivity contribution in [2.24, 2.45) is 5.92 Å². The first kappa shape index (κ1) is 12.7. The summed E-state index contributed by atoms with van der Waals surface area (Å²) in [5.74, 6) is -0.658. The Morgan fingerprint density at radius 3 is 2.94 bits per heavy atom. The first-order chi connectivity index (χ1) is 8.65. The lowest BCUT2D eigenvalue weighted by Gasteiger charge is -2.04. The van der Waals surface area contributed by atoms with Crippen LogP contribution in [-0.4, -0.2) is 21.0 Å². The molecule has 18 heavy (non-hydrogen) atoms. The highest BCUT2D eigenvalue weighted by atomic mass is 32.1. The molecule has 0 amide bonds. The standard InChI is InChI=1S/C13H14N2O2S/c1-9(7-13(16)17)6-12-15-11(8-18-12)10-4-2-3-5-14-10/h2-5,8-9H,6-7H2,1H3,(H,16,17). The zero-order chi connectivity index (χ0) is 13.0. The van der Waals surface area contributed by atoms with Gasteiger partial charge in [0.2, 0.25) is 0 Å². The number of pyridine rings is 1. The average Bonchev–Trinajstić information content (AvgIpc) is 2.77. The van der Waals surface area contributed by atoms with Gasteiger partial charge in [-0.3, -0.25) is 9.78 Å². The topological polar surface area (TPSA) is 63.1 Å². The molecule has 0 aliphatic heterocycles. The summed E-state index contributed by atoms with van der Waals surface area (Å²) in [7, 11) is 0. The van der Waals surface area contributed by atoms with Crippen molar-refractivity contribution in [3.8, 4) is 11.4 Å². The van der Waals surface area contributed by atoms with Gasteiger partial charge in [0.1, 0.15) is 0 Å². The summed E-state index contributed by atoms with van der Waals surface area (Å²) in [4.78, 5) is 19.3. The molecule has 1 atom stereocenters. The summed E-state index contributed by atoms with van der Waals surface area (Å²) in [5.41, 5.74) is 1.71. The molecule has 2 aromatic rings. The van der Waals surface area contributed by atoms with Gasteiger partial charge in [0, 0.05) is 24.4 Å². The monoisotopic (exact) mass is 262 g/mol. The second-order valence-corrected chi connectivity index (χ2v) is 5.19. The third kappa shape index (κ3) is 3.37. The van der Waals surface area contributed by atoms with Gasteiger partial charge in [0.25, 0.3) is 0 Å². The number of nitrogens with zero attached hydrogens (tertiary/aromatic N) is 2. The molecule has 0 aliphatic rings. The van der Waals surface area contributed by atoms with Crippen molar-refractivity contribution in [1.82, 2.24) is 9.97 Å². The van der Waals surface area contributed by atoms with Gasteiger partial charge in [0.05, 0.1) is 16.4 Å². The predicted octanol–water partition coefficient (Wildman–Crippen LogP) is 2.86. The van der Waals surface area contributed by atoms with Crippen molar-refractivity contribution < 1.29 is 9.90 Å². The lowest BCUT2D eigenvalue weighted by Crippen LogP contribution is -2.06. The molecule has 1 unspecified atom stereocenters. The maximum atomic E-state index is 10.6. The van der Waals surface area contributed by atoms with Gasteiger partial charge in [0.15, 0.2) is 0 Å². The summed E-state index contributed by atoms with van der Waals surface area (Å²) in [6, 6.07) is 5.71. The number of carboxylic acid groups (broad SMARTS) is 1. The summed E-state index contributed by atoms with van der Waals surface area (Å²) in [5, 5.41) is 11.6. The van der Waals surface area contributed by atoms with Crippen LogP contribution in [0.4, 0.5) is 0 Å². The van der Waals surface area contributed by atoms with Gasteiger partial charge in [-0.1, -0.05) is 13.0 Å². The number of thiazole rings is 1. The van der Waals surface area contributed by atoms with E-state index in [2.05, 4.69) is 9.97 Å². The minimum atomic E-state index is -0.760. The molecule has 0 saturated heterocycles. The molecular formula is C13H14N2O2S. The van der Waals surface area contributed by atoms with E-state index in [0.717, 1.165) is 16.4 Å². The fraction of sp³-hybridized carbons (Fsp3) is 0.308. The van der Waals surface area contributed by atoms with Crippen molar-refractivity contribution in [3.05, 3.63) is 34.8 Å². The van der Waals surface area contributed by atoms with Crippen LogP contribution >= 0.6 is 11.3 Å². The molecule has 0 aliphatic carbocycles. The SMILES string of the molecule is CC(CC(=O)O)Cc1nc(-c2ccccn2)cs1. The van der Waals surface area contributed by atoms with Gasteiger partial charge in [-0.25, -0.2) is 4.98 Å². The fourth-order valence-corrected chi connectivity index (χ4v) is 2.66. The Hall–Kier alpha value is -1.75. The van der Waals surface area contributed by atoms with E-state index in [0.29, 0.717) is 6.42 Å². The Balaban J connectivity index is 2.05. The molecule has 0 saturated carbocycles. The maximum Gasteiger partial charge on any atom is 0.303 e. The number of carbonyl (C=O) groups is 1. The lowest BCUT2D eigenvalue weighted by atomic mass is 10.1. The van der Waals surface area contributed by atoms with Gasteiger partial charge < -0.3 is 5.11 Å². The molecule has 1 N–H and O–H groups in total. The van der Waals surface area contributed by atoms with E-state index in [1.807, 2.05) is 30.5 Å². The second-order valence-electron chi connectivity index (χ2n) is 4.25. The van der Waals surface area contributed by atoms with Crippen LogP contribution in [0.3, 0.4) is 0 Å². The van der Waals surface area contributed by atoms with E-state index in [1.165, 1.54) is 0 Å². The predicted molar refractivity (Wildman–Crippen MR) is 70.5 cm³/mol. The highest BCUT2D eigenvalue weighted by Crippen LogP contribution is 2.22. The molecule has 0 bridgehead atoms. The quantitative estimate of drug-likeness (QED) is 0.900. The van der Waals surface area contributed by atoms with Gasteiger partial charge >= 0.3 is 5.97 Å². The Bertz CT molecular complexity index is 525. The first-order valence-electron chi connectivity index (χ1n) is 5.72. The van der Waals surface area contributed by atoms with Gasteiger partial charge in [-0.15, -0.1) is 11.3 Å². The van der Waals surface area contributed by atoms with E-state index in [-0.39, 0.29) is 12.3 Å². The van der Waals surface area contributed by atoms with E-state index < -0.39 is 5.97 Å². The minimum Gasteiger partial charge on any atom is -0.481 e. The van der Waals surface area contributed by atoms with E-state index in [4.69, 9.17) is 5.11 Å². The molecule has 0 aromatic carbocycles. The Labute approximate surface area is 109 Å². The average molecular weight is 262 g/mol. The number of rotatable bonds is 5. The van der Waals surface area contributed by atoms with Crippen molar-refractivity contribution in [2.75, 3.05) is 0 Å². The number of aliphatic carboxylic acids is 1. The molecule has 5 heteroatoms. The van der Waals surface area contributed by atoms with Crippen LogP contribution in [0.5, 0.6) is 0 Å². The summed E-state index contributed by atoms with van der Waals surface area (Å²) in [6.07, 6.45) is 2.61. The molecule has 2 aromatic heterocycles. The maximum absolute atomic E-state index is 10.6. The van der Waals surface area contributed by atoms with Crippen molar-refractivity contribution in [2.45, 2.75) is 19.8 Å². The molecule has 2 rings (SSSR count). The summed E-state index contributed by atoms with van der Waals surface area (Å²) >= 11 is 1.56. The minimum absolute atomic E-state index is 0.102. The molecule has 94 valence electrons. The van der Waals surface area contributed by atoms with E-state index >= 15 is 0 Å². The largest absolute Gasteiger partial charge is 0.481 e. The number of hydrogen-bond acceptors (Lipinski definition) is 4. The normalized spacial score (nSPS) is 12.3. The van der Waals surface area contributed by atoms with E-state index in [9.17, 15) is 4.79 Å². The Morgan fingerprint density at radius 1 is 1.44 bits per heavy atom. The van der Waals surface area contributed by atoms with Crippen LogP contribution < -0.4 is 0 Å². The van der Waals surface area contributed by atoms with Gasteiger partial charge in [-0.05, 0) is 18.1 Å². The third-order valence-corrected chi connectivity index (χ3v) is 3.40. The number of hydrogen-bond donors (Lipinski definition) is 1. The molecule has 0 spiro atoms. The van der Waals surface area contributed by atoms with Crippen molar-refractivity contribution in [3.63, 3.8) is 0 Å². The molecule has 0 fully saturated rings. The number of aromatic nitrogens is 2. The van der Waals surface area contributed by atoms with Crippen molar-refractivity contribution >= 4 is 17.3 Å². The second kappa shape index (κ2) is 5.73. The van der Waals surface area contributed by atoms with Crippen LogP contribution in [0.2, 0.25) is 0 Å². The van der Waals surface area contributed by atoms with Crippen LogP contribution in [-0.2, 0) is 11.2 Å². The molecule has 2 heterocycles. The summed E-state index contributed by atoms with van der Waals surface area (Å²) in [6.45, 7) is 1.93. The lowest BCUT2D eigenvalue weighted by molar-refractivity contribution is -0.137. The van der Waals surface area contributed by atoms with Crippen molar-refractivity contribution in [1.29, 1.82) is 0 Å². The van der Waals surface area contributed by atoms with Crippen LogP contribution in [0.1, 0.15) is 18.4 Å². The third-order valence-electron chi connectivity index (χ3n) is 2.53. The zero-order valence-corrected chi connectivity index (χ0v) is 10.9. The van der Waals surface area contributed by atoms with Gasteiger partial charge in [-0.2, -0.15) is 0 Å². The molecule has 4 nitrogen and oxygen atoms in total. The van der Waals surface area contributed by atoms with Crippen LogP contribution in [0.25, 0.3) is 11.4 Å². The smallest absolute Gasteiger partial charge is 0.303 e. The zero-order valence-electron chi connectivity index (χ0n) is 10.0. The Kier molecular flexibility index (Phi) is 4.04. The fourth-order valence-electron chi connectivity index (χ4n) is 1.70. The van der Waals surface area contributed by atoms with E-state index in [1.54, 1.807) is 17.5 Å². The molecular weight excluding hydrogens is 248 g/mol. The van der Waals surface area contributed by atoms with Crippen LogP contribution in [0, 0.1) is 5.92 Å². The Morgan fingerprint density at radius 2 is 2.28 bits per heavy atom. The number of carboxylic acids is 1. The molecule has 0 radical (unpaired) electrons. The van der Waals surface area contributed by atoms with Crippen LogP contribution in [0.15, 0.2) is 29.8 Å². The first-order valence-corrected chi connectivity index (χ1v) is 6.60. The highest BCUT2D eigenvalue weighted by Gasteiger charge is 2.12. The highest BCUT2D eigenvalue weighted by molar-refractivity contribution is 7.09. The summed E-state index contributed by atoms with van der Waals surface area (Å²) < 4.78 is 0.